The first kappa shape index (κ1) is 16.7. The lowest BCUT2D eigenvalue weighted by atomic mass is 10.1. The summed E-state index contributed by atoms with van der Waals surface area (Å²) in [5.41, 5.74) is 0.772. The molecule has 6 heteroatoms. The van der Waals surface area contributed by atoms with Crippen LogP contribution in [0.1, 0.15) is 13.3 Å². The summed E-state index contributed by atoms with van der Waals surface area (Å²) in [6.07, 6.45) is 1.45. The van der Waals surface area contributed by atoms with E-state index >= 15 is 0 Å². The van der Waals surface area contributed by atoms with Crippen molar-refractivity contribution in [3.63, 3.8) is 0 Å². The highest BCUT2D eigenvalue weighted by atomic mass is 16.5. The van der Waals surface area contributed by atoms with Crippen LogP contribution in [0.4, 0.5) is 0 Å². The van der Waals surface area contributed by atoms with Crippen LogP contribution >= 0.6 is 0 Å². The topological polar surface area (TPSA) is 82.8 Å². The number of ketones is 1. The average molecular weight is 340 g/mol. The van der Waals surface area contributed by atoms with Crippen LogP contribution in [-0.2, 0) is 14.3 Å². The molecule has 0 spiro atoms. The first-order valence-corrected chi connectivity index (χ1v) is 7.69. The number of esters is 1. The Bertz CT molecular complexity index is 950. The maximum Gasteiger partial charge on any atom is 0.336 e. The Labute approximate surface area is 143 Å². The molecular weight excluding hydrogens is 324 g/mol. The summed E-state index contributed by atoms with van der Waals surface area (Å²) < 4.78 is 15.6. The second kappa shape index (κ2) is 6.76. The van der Waals surface area contributed by atoms with E-state index in [4.69, 9.17) is 13.9 Å². The summed E-state index contributed by atoms with van der Waals surface area (Å²) in [6.45, 7) is 5.19. The fourth-order valence-electron chi connectivity index (χ4n) is 2.45. The normalized spacial score (nSPS) is 16.4. The molecule has 1 aromatic carbocycles. The zero-order chi connectivity index (χ0) is 18.0. The number of hydrogen-bond donors (Lipinski definition) is 0. The van der Waals surface area contributed by atoms with Gasteiger partial charge in [-0.05, 0) is 36.8 Å². The van der Waals surface area contributed by atoms with Crippen LogP contribution in [0.5, 0.6) is 5.75 Å². The Morgan fingerprint density at radius 3 is 2.72 bits per heavy atom. The molecule has 1 aromatic heterocycles. The molecule has 0 amide bonds. The molecule has 1 unspecified atom stereocenters. The number of benzene rings is 1. The first-order chi connectivity index (χ1) is 11.9. The number of fused-ring (bicyclic) bond motifs is 1. The average Bonchev–Trinajstić information content (AvgIpc) is 2.89. The highest BCUT2D eigenvalue weighted by Crippen LogP contribution is 2.21. The van der Waals surface area contributed by atoms with Gasteiger partial charge in [-0.2, -0.15) is 0 Å². The second-order valence-electron chi connectivity index (χ2n) is 5.77. The van der Waals surface area contributed by atoms with Crippen molar-refractivity contribution >= 4 is 22.7 Å². The Morgan fingerprint density at radius 1 is 1.24 bits per heavy atom. The van der Waals surface area contributed by atoms with Crippen LogP contribution < -0.4 is 10.4 Å². The van der Waals surface area contributed by atoms with Crippen LogP contribution in [0.15, 0.2) is 63.3 Å². The monoisotopic (exact) mass is 340 g/mol. The lowest BCUT2D eigenvalue weighted by molar-refractivity contribution is -0.139. The molecule has 2 aromatic rings. The summed E-state index contributed by atoms with van der Waals surface area (Å²) in [7, 11) is 0. The number of rotatable bonds is 6. The van der Waals surface area contributed by atoms with Crippen molar-refractivity contribution < 1.29 is 23.5 Å². The molecule has 1 aliphatic rings. The van der Waals surface area contributed by atoms with Crippen molar-refractivity contribution in [3.8, 4) is 5.75 Å². The van der Waals surface area contributed by atoms with E-state index in [1.165, 1.54) is 6.07 Å². The van der Waals surface area contributed by atoms with Crippen molar-refractivity contribution in [2.24, 2.45) is 0 Å². The van der Waals surface area contributed by atoms with Gasteiger partial charge >= 0.3 is 11.6 Å². The molecule has 25 heavy (non-hydrogen) atoms. The SMILES string of the molecule is C=C(CC1C=C(C)C(=O)O1)C(=O)COc1ccc2ccc(=O)oc2c1. The summed E-state index contributed by atoms with van der Waals surface area (Å²) >= 11 is 0. The van der Waals surface area contributed by atoms with Gasteiger partial charge in [-0.1, -0.05) is 6.58 Å². The molecule has 128 valence electrons. The van der Waals surface area contributed by atoms with Crippen LogP contribution in [-0.4, -0.2) is 24.5 Å². The van der Waals surface area contributed by atoms with E-state index < -0.39 is 11.7 Å². The van der Waals surface area contributed by atoms with Gasteiger partial charge in [-0.3, -0.25) is 4.79 Å². The van der Waals surface area contributed by atoms with Crippen LogP contribution in [0.25, 0.3) is 11.0 Å². The van der Waals surface area contributed by atoms with Crippen molar-refractivity contribution in [1.29, 1.82) is 0 Å². The zero-order valence-corrected chi connectivity index (χ0v) is 13.6. The van der Waals surface area contributed by atoms with Gasteiger partial charge in [0.05, 0.1) is 0 Å². The van der Waals surface area contributed by atoms with Gasteiger partial charge in [0.2, 0.25) is 0 Å². The maximum atomic E-state index is 12.1. The van der Waals surface area contributed by atoms with Crippen LogP contribution in [0.2, 0.25) is 0 Å². The number of hydrogen-bond acceptors (Lipinski definition) is 6. The Balaban J connectivity index is 1.59. The highest BCUT2D eigenvalue weighted by Gasteiger charge is 2.24. The minimum atomic E-state index is -0.459. The van der Waals surface area contributed by atoms with Crippen LogP contribution in [0, 0.1) is 0 Å². The summed E-state index contributed by atoms with van der Waals surface area (Å²) in [6, 6.07) is 7.96. The quantitative estimate of drug-likeness (QED) is 0.457. The van der Waals surface area contributed by atoms with Crippen molar-refractivity contribution in [2.45, 2.75) is 19.4 Å². The van der Waals surface area contributed by atoms with Crippen molar-refractivity contribution in [2.75, 3.05) is 6.61 Å². The van der Waals surface area contributed by atoms with Crippen LogP contribution in [0.3, 0.4) is 0 Å². The molecule has 0 saturated heterocycles. The van der Waals surface area contributed by atoms with Gasteiger partial charge in [0.25, 0.3) is 0 Å². The molecule has 1 aliphatic heterocycles. The molecule has 0 aliphatic carbocycles. The molecular formula is C19H16O6. The largest absolute Gasteiger partial charge is 0.485 e. The van der Waals surface area contributed by atoms with E-state index in [1.54, 1.807) is 37.3 Å². The summed E-state index contributed by atoms with van der Waals surface area (Å²) in [4.78, 5) is 34.7. The highest BCUT2D eigenvalue weighted by molar-refractivity contribution is 5.96. The molecule has 6 nitrogen and oxygen atoms in total. The Morgan fingerprint density at radius 2 is 2.00 bits per heavy atom. The van der Waals surface area contributed by atoms with E-state index in [1.807, 2.05) is 0 Å². The summed E-state index contributed by atoms with van der Waals surface area (Å²) in [5, 5.41) is 0.757. The third kappa shape index (κ3) is 3.85. The number of carbonyl (C=O) groups excluding carboxylic acids is 2. The molecule has 0 bridgehead atoms. The zero-order valence-electron chi connectivity index (χ0n) is 13.6. The van der Waals surface area contributed by atoms with E-state index in [0.29, 0.717) is 22.5 Å². The minimum Gasteiger partial charge on any atom is -0.485 e. The van der Waals surface area contributed by atoms with Gasteiger partial charge in [0, 0.05) is 29.5 Å². The predicted molar refractivity (Wildman–Crippen MR) is 90.4 cm³/mol. The van der Waals surface area contributed by atoms with E-state index in [0.717, 1.165) is 5.39 Å². The smallest absolute Gasteiger partial charge is 0.336 e. The molecule has 0 fully saturated rings. The lowest BCUT2D eigenvalue weighted by Gasteiger charge is -2.11. The van der Waals surface area contributed by atoms with Crippen molar-refractivity contribution in [3.05, 3.63) is 64.6 Å². The fourth-order valence-corrected chi connectivity index (χ4v) is 2.45. The molecule has 2 heterocycles. The Hall–Kier alpha value is -3.15. The van der Waals surface area contributed by atoms with Gasteiger partial charge in [0.15, 0.2) is 12.4 Å². The molecule has 0 N–H and O–H groups in total. The first-order valence-electron chi connectivity index (χ1n) is 7.69. The van der Waals surface area contributed by atoms with Gasteiger partial charge in [-0.25, -0.2) is 9.59 Å². The van der Waals surface area contributed by atoms with E-state index in [9.17, 15) is 14.4 Å². The third-order valence-corrected chi connectivity index (χ3v) is 3.82. The lowest BCUT2D eigenvalue weighted by Crippen LogP contribution is -2.17. The van der Waals surface area contributed by atoms with Gasteiger partial charge in [0.1, 0.15) is 17.4 Å². The van der Waals surface area contributed by atoms with E-state index in [-0.39, 0.29) is 24.8 Å². The van der Waals surface area contributed by atoms with Crippen molar-refractivity contribution in [1.82, 2.24) is 0 Å². The molecule has 0 radical (unpaired) electrons. The number of ether oxygens (including phenoxy) is 2. The number of carbonyl (C=O) groups is 2. The number of cyclic esters (lactones) is 1. The molecule has 0 saturated carbocycles. The standard InChI is InChI=1S/C19H16O6/c1-11(7-15-8-12(2)19(22)24-15)16(20)10-23-14-5-3-13-4-6-18(21)25-17(13)9-14/h3-6,8-9,15H,1,7,10H2,2H3. The third-order valence-electron chi connectivity index (χ3n) is 3.82. The van der Waals surface area contributed by atoms with Gasteiger partial charge in [-0.15, -0.1) is 0 Å². The predicted octanol–water partition coefficient (Wildman–Crippen LogP) is 2.56. The van der Waals surface area contributed by atoms with Gasteiger partial charge < -0.3 is 13.9 Å². The minimum absolute atomic E-state index is 0.204. The second-order valence-corrected chi connectivity index (χ2v) is 5.77. The fraction of sp³-hybridized carbons (Fsp3) is 0.211. The summed E-state index contributed by atoms with van der Waals surface area (Å²) in [5.74, 6) is -0.256. The molecule has 1 atom stereocenters. The maximum absolute atomic E-state index is 12.1. The number of Topliss-reactive ketones (excluding diaryl/α,β-unsaturated/α-hetero) is 1. The van der Waals surface area contributed by atoms with E-state index in [2.05, 4.69) is 6.58 Å². The Kier molecular flexibility index (Phi) is 4.52. The molecule has 3 rings (SSSR count).